The molecule has 2 aromatic carbocycles. The number of fused-ring (bicyclic) bond motifs is 1. The van der Waals surface area contributed by atoms with Crippen LogP contribution in [-0.2, 0) is 0 Å². The Morgan fingerprint density at radius 3 is 2.50 bits per heavy atom. The average Bonchev–Trinajstić information content (AvgIpc) is 2.19. The third-order valence-electron chi connectivity index (χ3n) is 2.28. The van der Waals surface area contributed by atoms with Gasteiger partial charge in [0.2, 0.25) is 0 Å². The second kappa shape index (κ2) is 5.16. The number of nitrogen functional groups attached to an aromatic ring is 1. The summed E-state index contributed by atoms with van der Waals surface area (Å²) in [5.74, 6) is -1.71. The van der Waals surface area contributed by atoms with Crippen LogP contribution in [0, 0.1) is 0 Å². The molecule has 0 unspecified atom stereocenters. The molecule has 0 heterocycles. The molecule has 4 nitrogen and oxygen atoms in total. The molecular formula is C11H8KNO3. The number of anilines is 1. The summed E-state index contributed by atoms with van der Waals surface area (Å²) in [5.41, 5.74) is 5.91. The number of aromatic carboxylic acids is 1. The first kappa shape index (κ1) is 13.5. The zero-order valence-corrected chi connectivity index (χ0v) is 11.9. The van der Waals surface area contributed by atoms with E-state index in [-0.39, 0.29) is 56.9 Å². The summed E-state index contributed by atoms with van der Waals surface area (Å²) in [6.45, 7) is 0. The maximum absolute atomic E-state index is 11.7. The van der Waals surface area contributed by atoms with Crippen LogP contribution in [0.5, 0.6) is 5.75 Å². The van der Waals surface area contributed by atoms with E-state index in [9.17, 15) is 9.90 Å². The van der Waals surface area contributed by atoms with Crippen molar-refractivity contribution in [2.24, 2.45) is 0 Å². The summed E-state index contributed by atoms with van der Waals surface area (Å²) < 4.78 is 0. The van der Waals surface area contributed by atoms with Crippen molar-refractivity contribution in [1.29, 1.82) is 0 Å². The van der Waals surface area contributed by atoms with Crippen molar-refractivity contribution in [2.75, 3.05) is 5.73 Å². The monoisotopic (exact) mass is 241 g/mol. The molecule has 16 heavy (non-hydrogen) atoms. The van der Waals surface area contributed by atoms with E-state index in [0.29, 0.717) is 16.5 Å². The molecule has 2 aromatic rings. The van der Waals surface area contributed by atoms with Gasteiger partial charge in [-0.15, -0.1) is 0 Å². The molecule has 0 saturated heterocycles. The zero-order valence-electron chi connectivity index (χ0n) is 8.73. The molecule has 0 saturated carbocycles. The van der Waals surface area contributed by atoms with E-state index >= 15 is 0 Å². The first-order valence-corrected chi connectivity index (χ1v) is 4.33. The molecule has 76 valence electrons. The van der Waals surface area contributed by atoms with E-state index in [1.54, 1.807) is 24.3 Å². The van der Waals surface area contributed by atoms with Crippen molar-refractivity contribution in [3.05, 3.63) is 35.9 Å². The van der Waals surface area contributed by atoms with Gasteiger partial charge in [0.15, 0.2) is 0 Å². The maximum Gasteiger partial charge on any atom is 1.00 e. The molecule has 0 atom stereocenters. The fourth-order valence-corrected chi connectivity index (χ4v) is 1.52. The predicted octanol–water partition coefficient (Wildman–Crippen LogP) is -1.80. The number of carbonyl (C=O) groups is 1. The van der Waals surface area contributed by atoms with E-state index in [1.165, 1.54) is 6.07 Å². The van der Waals surface area contributed by atoms with Crippen LogP contribution in [0.15, 0.2) is 30.3 Å². The standard InChI is InChI=1S/C11H9NO3.K/c12-9-3-1-2-7-6(9)4-5-8(10(7)13)11(14)15;/h1-5,13H,12H2,(H,14,15);/q;+1/p-1. The van der Waals surface area contributed by atoms with Crippen molar-refractivity contribution >= 4 is 22.4 Å². The van der Waals surface area contributed by atoms with Gasteiger partial charge in [-0.3, -0.25) is 0 Å². The molecule has 0 aliphatic rings. The van der Waals surface area contributed by atoms with E-state index in [2.05, 4.69) is 0 Å². The molecule has 2 rings (SSSR count). The van der Waals surface area contributed by atoms with Gasteiger partial charge in [0.05, 0.1) is 5.56 Å². The SMILES string of the molecule is Nc1cccc2c([O-])c(C(=O)O)ccc12.[K+]. The first-order chi connectivity index (χ1) is 7.11. The van der Waals surface area contributed by atoms with E-state index in [4.69, 9.17) is 10.8 Å². The molecule has 0 aromatic heterocycles. The molecule has 0 fully saturated rings. The van der Waals surface area contributed by atoms with Gasteiger partial charge in [0.1, 0.15) is 0 Å². The minimum atomic E-state index is -1.22. The second-order valence-electron chi connectivity index (χ2n) is 3.19. The van der Waals surface area contributed by atoms with Crippen LogP contribution in [0.2, 0.25) is 0 Å². The quantitative estimate of drug-likeness (QED) is 0.455. The Kier molecular flexibility index (Phi) is 4.34. The minimum absolute atomic E-state index is 0. The summed E-state index contributed by atoms with van der Waals surface area (Å²) in [7, 11) is 0. The van der Waals surface area contributed by atoms with E-state index in [1.807, 2.05) is 0 Å². The van der Waals surface area contributed by atoms with Gasteiger partial charge in [0.25, 0.3) is 0 Å². The fraction of sp³-hybridized carbons (Fsp3) is 0. The summed E-state index contributed by atoms with van der Waals surface area (Å²) in [5, 5.41) is 21.4. The van der Waals surface area contributed by atoms with Crippen molar-refractivity contribution in [1.82, 2.24) is 0 Å². The molecule has 0 aliphatic heterocycles. The topological polar surface area (TPSA) is 86.4 Å². The van der Waals surface area contributed by atoms with Crippen LogP contribution in [0.25, 0.3) is 10.8 Å². The number of hydrogen-bond donors (Lipinski definition) is 2. The molecule has 0 radical (unpaired) electrons. The molecule has 5 heteroatoms. The van der Waals surface area contributed by atoms with Crippen LogP contribution in [0.1, 0.15) is 10.4 Å². The maximum atomic E-state index is 11.7. The molecule has 0 aliphatic carbocycles. The number of carboxylic acid groups (broad SMARTS) is 1. The van der Waals surface area contributed by atoms with Crippen LogP contribution in [0.3, 0.4) is 0 Å². The van der Waals surface area contributed by atoms with Gasteiger partial charge in [-0.05, 0) is 17.5 Å². The smallest absolute Gasteiger partial charge is 0.871 e. The third kappa shape index (κ3) is 2.23. The minimum Gasteiger partial charge on any atom is -0.871 e. The van der Waals surface area contributed by atoms with Crippen molar-refractivity contribution < 1.29 is 66.4 Å². The van der Waals surface area contributed by atoms with E-state index in [0.717, 1.165) is 0 Å². The number of hydrogen-bond acceptors (Lipinski definition) is 3. The van der Waals surface area contributed by atoms with Crippen molar-refractivity contribution in [2.45, 2.75) is 0 Å². The Bertz CT molecular complexity index is 554. The Hall–Kier alpha value is -0.594. The Labute approximate surface area is 134 Å². The molecule has 0 bridgehead atoms. The second-order valence-corrected chi connectivity index (χ2v) is 3.19. The largest absolute Gasteiger partial charge is 1.00 e. The van der Waals surface area contributed by atoms with Gasteiger partial charge in [-0.2, -0.15) is 0 Å². The third-order valence-corrected chi connectivity index (χ3v) is 2.28. The fourth-order valence-electron chi connectivity index (χ4n) is 1.52. The number of benzene rings is 2. The van der Waals surface area contributed by atoms with Crippen LogP contribution in [0.4, 0.5) is 5.69 Å². The van der Waals surface area contributed by atoms with Gasteiger partial charge in [-0.1, -0.05) is 23.9 Å². The molecule has 0 spiro atoms. The molecule has 0 amide bonds. The van der Waals surface area contributed by atoms with Gasteiger partial charge < -0.3 is 15.9 Å². The summed E-state index contributed by atoms with van der Waals surface area (Å²) >= 11 is 0. The number of nitrogens with two attached hydrogens (primary N) is 1. The molecule has 3 N–H and O–H groups in total. The predicted molar refractivity (Wildman–Crippen MR) is 54.8 cm³/mol. The van der Waals surface area contributed by atoms with Crippen molar-refractivity contribution in [3.8, 4) is 5.75 Å². The van der Waals surface area contributed by atoms with Gasteiger partial charge in [-0.25, -0.2) is 4.79 Å². The van der Waals surface area contributed by atoms with Crippen molar-refractivity contribution in [3.63, 3.8) is 0 Å². The van der Waals surface area contributed by atoms with Crippen LogP contribution >= 0.6 is 0 Å². The summed E-state index contributed by atoms with van der Waals surface area (Å²) in [6.07, 6.45) is 0. The van der Waals surface area contributed by atoms with E-state index < -0.39 is 11.7 Å². The van der Waals surface area contributed by atoms with Gasteiger partial charge >= 0.3 is 57.4 Å². The number of carboxylic acids is 1. The van der Waals surface area contributed by atoms with Crippen LogP contribution < -0.4 is 62.2 Å². The van der Waals surface area contributed by atoms with Gasteiger partial charge in [0, 0.05) is 11.1 Å². The Morgan fingerprint density at radius 2 is 1.88 bits per heavy atom. The Morgan fingerprint density at radius 1 is 1.19 bits per heavy atom. The van der Waals surface area contributed by atoms with Crippen LogP contribution in [-0.4, -0.2) is 11.1 Å². The normalized spacial score (nSPS) is 9.75. The zero-order chi connectivity index (χ0) is 11.0. The first-order valence-electron chi connectivity index (χ1n) is 4.33. The number of rotatable bonds is 1. The summed E-state index contributed by atoms with van der Waals surface area (Å²) in [4.78, 5) is 10.7. The average molecular weight is 241 g/mol. The Balaban J connectivity index is 0.00000128. The summed E-state index contributed by atoms with van der Waals surface area (Å²) in [6, 6.07) is 7.70. The molecular weight excluding hydrogens is 233 g/mol.